The third-order valence-corrected chi connectivity index (χ3v) is 2.95. The number of nitrogens with one attached hydrogen (secondary N) is 2. The predicted octanol–water partition coefficient (Wildman–Crippen LogP) is 4.09. The van der Waals surface area contributed by atoms with Gasteiger partial charge >= 0.3 is 0 Å². The Balaban J connectivity index is 2.59. The third kappa shape index (κ3) is 4.99. The molecule has 0 fully saturated rings. The van der Waals surface area contributed by atoms with Crippen molar-refractivity contribution in [1.29, 1.82) is 0 Å². The van der Waals surface area contributed by atoms with Crippen LogP contribution >= 0.6 is 0 Å². The molecule has 0 aromatic rings. The molecule has 18 heavy (non-hydrogen) atoms. The molecule has 1 aliphatic carbocycles. The molecule has 0 amide bonds. The molecular weight excluding hydrogens is 220 g/mol. The van der Waals surface area contributed by atoms with E-state index in [2.05, 4.69) is 70.9 Å². The van der Waals surface area contributed by atoms with Crippen molar-refractivity contribution in [3.05, 3.63) is 35.8 Å². The summed E-state index contributed by atoms with van der Waals surface area (Å²) in [5.41, 5.74) is 3.08. The largest absolute Gasteiger partial charge is 0.368 e. The van der Waals surface area contributed by atoms with Gasteiger partial charge in [-0.05, 0) is 45.1 Å². The molecule has 1 rings (SSSR count). The first-order valence-corrected chi connectivity index (χ1v) is 6.72. The summed E-state index contributed by atoms with van der Waals surface area (Å²) in [7, 11) is 0. The van der Waals surface area contributed by atoms with Gasteiger partial charge in [0.1, 0.15) is 0 Å². The van der Waals surface area contributed by atoms with Crippen LogP contribution in [0.2, 0.25) is 0 Å². The van der Waals surface area contributed by atoms with E-state index in [0.29, 0.717) is 0 Å². The quantitative estimate of drug-likeness (QED) is 0.786. The average Bonchev–Trinajstić information content (AvgIpc) is 2.13. The highest BCUT2D eigenvalue weighted by atomic mass is 15.1. The standard InChI is InChI=1S/C16H28N2/c1-12(18-16(5,6)7)17-14-10-8-13(9-11-14)15(2,3)4/h8,10,17-18H,1,9,11H2,2-7H3. The Hall–Kier alpha value is -1.18. The highest BCUT2D eigenvalue weighted by molar-refractivity contribution is 5.27. The molecule has 0 aromatic carbocycles. The van der Waals surface area contributed by atoms with Gasteiger partial charge in [0.15, 0.2) is 0 Å². The van der Waals surface area contributed by atoms with Gasteiger partial charge in [0.2, 0.25) is 0 Å². The Bertz CT molecular complexity index is 373. The monoisotopic (exact) mass is 248 g/mol. The number of rotatable bonds is 3. The Morgan fingerprint density at radius 2 is 1.67 bits per heavy atom. The number of hydrogen-bond acceptors (Lipinski definition) is 2. The smallest absolute Gasteiger partial charge is 0.0958 e. The van der Waals surface area contributed by atoms with E-state index in [-0.39, 0.29) is 11.0 Å². The molecule has 0 spiro atoms. The Morgan fingerprint density at radius 3 is 2.06 bits per heavy atom. The normalized spacial score (nSPS) is 16.8. The summed E-state index contributed by atoms with van der Waals surface area (Å²) >= 11 is 0. The van der Waals surface area contributed by atoms with Gasteiger partial charge in [-0.3, -0.25) is 0 Å². The van der Waals surface area contributed by atoms with Gasteiger partial charge in [0.05, 0.1) is 5.82 Å². The van der Waals surface area contributed by atoms with E-state index >= 15 is 0 Å². The van der Waals surface area contributed by atoms with Crippen LogP contribution in [0.25, 0.3) is 0 Å². The van der Waals surface area contributed by atoms with Gasteiger partial charge in [-0.15, -0.1) is 0 Å². The van der Waals surface area contributed by atoms with Crippen molar-refractivity contribution >= 4 is 0 Å². The molecule has 0 saturated carbocycles. The van der Waals surface area contributed by atoms with Crippen LogP contribution in [0.3, 0.4) is 0 Å². The molecule has 0 bridgehead atoms. The zero-order chi connectivity index (χ0) is 14.0. The zero-order valence-corrected chi connectivity index (χ0v) is 12.8. The molecule has 0 aliphatic heterocycles. The summed E-state index contributed by atoms with van der Waals surface area (Å²) in [5.74, 6) is 0.876. The molecule has 0 unspecified atom stereocenters. The molecule has 0 saturated heterocycles. The van der Waals surface area contributed by atoms with Crippen LogP contribution in [0, 0.1) is 5.41 Å². The molecule has 102 valence electrons. The summed E-state index contributed by atoms with van der Waals surface area (Å²) in [6, 6.07) is 0. The Labute approximate surface area is 112 Å². The average molecular weight is 248 g/mol. The van der Waals surface area contributed by atoms with Gasteiger partial charge in [-0.2, -0.15) is 0 Å². The SMILES string of the molecule is C=C(NC1=CC=C(C(C)(C)C)CC1)NC(C)(C)C. The van der Waals surface area contributed by atoms with E-state index in [1.54, 1.807) is 0 Å². The fraction of sp³-hybridized carbons (Fsp3) is 0.625. The first-order chi connectivity index (χ1) is 8.08. The van der Waals surface area contributed by atoms with Crippen molar-refractivity contribution in [2.24, 2.45) is 5.41 Å². The lowest BCUT2D eigenvalue weighted by molar-refractivity contribution is 0.455. The summed E-state index contributed by atoms with van der Waals surface area (Å²) in [5, 5.41) is 6.70. The minimum Gasteiger partial charge on any atom is -0.368 e. The van der Waals surface area contributed by atoms with E-state index < -0.39 is 0 Å². The van der Waals surface area contributed by atoms with E-state index in [9.17, 15) is 0 Å². The van der Waals surface area contributed by atoms with E-state index in [0.717, 1.165) is 18.7 Å². The fourth-order valence-electron chi connectivity index (χ4n) is 2.04. The third-order valence-electron chi connectivity index (χ3n) is 2.95. The van der Waals surface area contributed by atoms with E-state index in [1.807, 2.05) is 0 Å². The minimum atomic E-state index is 0.0473. The Kier molecular flexibility index (Phi) is 4.31. The second-order valence-corrected chi connectivity index (χ2v) is 7.11. The predicted molar refractivity (Wildman–Crippen MR) is 80.0 cm³/mol. The fourth-order valence-corrected chi connectivity index (χ4v) is 2.04. The molecule has 0 aromatic heterocycles. The van der Waals surface area contributed by atoms with Gasteiger partial charge in [-0.25, -0.2) is 0 Å². The van der Waals surface area contributed by atoms with E-state index in [1.165, 1.54) is 11.3 Å². The highest BCUT2D eigenvalue weighted by Gasteiger charge is 2.19. The molecule has 0 atom stereocenters. The number of hydrogen-bond donors (Lipinski definition) is 2. The minimum absolute atomic E-state index is 0.0473. The van der Waals surface area contributed by atoms with Crippen molar-refractivity contribution in [3.63, 3.8) is 0 Å². The van der Waals surface area contributed by atoms with Gasteiger partial charge in [0.25, 0.3) is 0 Å². The maximum atomic E-state index is 4.02. The van der Waals surface area contributed by atoms with Gasteiger partial charge in [0, 0.05) is 11.2 Å². The lowest BCUT2D eigenvalue weighted by Crippen LogP contribution is -2.39. The van der Waals surface area contributed by atoms with Crippen LogP contribution in [0.5, 0.6) is 0 Å². The van der Waals surface area contributed by atoms with Gasteiger partial charge in [-0.1, -0.05) is 39.0 Å². The van der Waals surface area contributed by atoms with Crippen molar-refractivity contribution in [2.45, 2.75) is 59.9 Å². The summed E-state index contributed by atoms with van der Waals surface area (Å²) < 4.78 is 0. The number of allylic oxidation sites excluding steroid dienone is 4. The topological polar surface area (TPSA) is 24.1 Å². The summed E-state index contributed by atoms with van der Waals surface area (Å²) in [4.78, 5) is 0. The first kappa shape index (κ1) is 14.9. The molecule has 2 heteroatoms. The maximum absolute atomic E-state index is 4.02. The first-order valence-electron chi connectivity index (χ1n) is 6.72. The van der Waals surface area contributed by atoms with Crippen molar-refractivity contribution in [3.8, 4) is 0 Å². The van der Waals surface area contributed by atoms with Crippen molar-refractivity contribution in [2.75, 3.05) is 0 Å². The lowest BCUT2D eigenvalue weighted by Gasteiger charge is -2.28. The van der Waals surface area contributed by atoms with Crippen molar-refractivity contribution in [1.82, 2.24) is 10.6 Å². The van der Waals surface area contributed by atoms with Crippen LogP contribution in [0.15, 0.2) is 35.8 Å². The second kappa shape index (κ2) is 5.21. The zero-order valence-electron chi connectivity index (χ0n) is 12.8. The molecular formula is C16H28N2. The molecule has 0 radical (unpaired) electrons. The van der Waals surface area contributed by atoms with Crippen LogP contribution in [0.1, 0.15) is 54.4 Å². The molecule has 2 N–H and O–H groups in total. The van der Waals surface area contributed by atoms with Crippen LogP contribution in [0.4, 0.5) is 0 Å². The van der Waals surface area contributed by atoms with Crippen LogP contribution < -0.4 is 10.6 Å². The van der Waals surface area contributed by atoms with Crippen molar-refractivity contribution < 1.29 is 0 Å². The molecule has 1 aliphatic rings. The maximum Gasteiger partial charge on any atom is 0.0958 e. The summed E-state index contributed by atoms with van der Waals surface area (Å²) in [6.45, 7) is 17.2. The van der Waals surface area contributed by atoms with Gasteiger partial charge < -0.3 is 10.6 Å². The second-order valence-electron chi connectivity index (χ2n) is 7.11. The molecule has 0 heterocycles. The highest BCUT2D eigenvalue weighted by Crippen LogP contribution is 2.32. The summed E-state index contributed by atoms with van der Waals surface area (Å²) in [6.07, 6.45) is 6.62. The molecule has 2 nitrogen and oxygen atoms in total. The Morgan fingerprint density at radius 1 is 1.06 bits per heavy atom. The van der Waals surface area contributed by atoms with E-state index in [4.69, 9.17) is 0 Å². The van der Waals surface area contributed by atoms with Crippen LogP contribution in [-0.2, 0) is 0 Å². The lowest BCUT2D eigenvalue weighted by atomic mass is 9.81. The van der Waals surface area contributed by atoms with Crippen LogP contribution in [-0.4, -0.2) is 5.54 Å².